The van der Waals surface area contributed by atoms with Gasteiger partial charge in [0.1, 0.15) is 29.3 Å². The Labute approximate surface area is 141 Å². The van der Waals surface area contributed by atoms with Gasteiger partial charge in [-0.25, -0.2) is 4.79 Å². The van der Waals surface area contributed by atoms with Crippen molar-refractivity contribution in [2.24, 2.45) is 5.41 Å². The molecule has 0 saturated heterocycles. The number of carbonyl (C=O) groups excluding carboxylic acids is 2. The standard InChI is InChI=1S/C19H24O5/c1-11(2)23-18(21)17-12(3)24-15-8-7-13(9-14(15)17)22-10-16(20)19(4,5)6/h7-9,11H,10H2,1-6H3. The second kappa shape index (κ2) is 6.67. The van der Waals surface area contributed by atoms with Crippen molar-refractivity contribution in [3.05, 3.63) is 29.5 Å². The number of Topliss-reactive ketones (excluding diaryl/α,β-unsaturated/α-hetero) is 1. The van der Waals surface area contributed by atoms with Crippen LogP contribution < -0.4 is 4.74 Å². The average molecular weight is 332 g/mol. The van der Waals surface area contributed by atoms with E-state index in [-0.39, 0.29) is 18.5 Å². The van der Waals surface area contributed by atoms with Crippen LogP contribution in [-0.4, -0.2) is 24.5 Å². The largest absolute Gasteiger partial charge is 0.486 e. The third-order valence-electron chi connectivity index (χ3n) is 3.59. The third kappa shape index (κ3) is 3.96. The van der Waals surface area contributed by atoms with E-state index in [1.807, 2.05) is 20.8 Å². The van der Waals surface area contributed by atoms with Crippen molar-refractivity contribution < 1.29 is 23.5 Å². The normalized spacial score (nSPS) is 11.8. The molecule has 0 atom stereocenters. The highest BCUT2D eigenvalue weighted by Crippen LogP contribution is 2.30. The number of carbonyl (C=O) groups is 2. The lowest BCUT2D eigenvalue weighted by Crippen LogP contribution is -2.26. The summed E-state index contributed by atoms with van der Waals surface area (Å²) >= 11 is 0. The molecule has 0 aliphatic heterocycles. The van der Waals surface area contributed by atoms with Gasteiger partial charge < -0.3 is 13.9 Å². The van der Waals surface area contributed by atoms with Gasteiger partial charge >= 0.3 is 5.97 Å². The Bertz CT molecular complexity index is 762. The number of ketones is 1. The first-order valence-electron chi connectivity index (χ1n) is 8.00. The number of hydrogen-bond acceptors (Lipinski definition) is 5. The smallest absolute Gasteiger partial charge is 0.342 e. The molecule has 0 fully saturated rings. The highest BCUT2D eigenvalue weighted by molar-refractivity contribution is 6.05. The summed E-state index contributed by atoms with van der Waals surface area (Å²) in [6.45, 7) is 10.8. The van der Waals surface area contributed by atoms with Crippen LogP contribution in [0, 0.1) is 12.3 Å². The van der Waals surface area contributed by atoms with Crippen molar-refractivity contribution in [2.45, 2.75) is 47.6 Å². The number of ether oxygens (including phenoxy) is 2. The van der Waals surface area contributed by atoms with Crippen LogP contribution >= 0.6 is 0 Å². The Morgan fingerprint density at radius 3 is 2.46 bits per heavy atom. The molecule has 5 nitrogen and oxygen atoms in total. The van der Waals surface area contributed by atoms with Crippen LogP contribution in [0.25, 0.3) is 11.0 Å². The van der Waals surface area contributed by atoms with Gasteiger partial charge in [-0.1, -0.05) is 20.8 Å². The van der Waals surface area contributed by atoms with E-state index in [0.717, 1.165) is 0 Å². The van der Waals surface area contributed by atoms with E-state index in [0.29, 0.717) is 28.0 Å². The monoisotopic (exact) mass is 332 g/mol. The molecule has 0 bridgehead atoms. The molecular weight excluding hydrogens is 308 g/mol. The predicted molar refractivity (Wildman–Crippen MR) is 91.5 cm³/mol. The number of benzene rings is 1. The minimum atomic E-state index is -0.456. The summed E-state index contributed by atoms with van der Waals surface area (Å²) in [7, 11) is 0. The van der Waals surface area contributed by atoms with Gasteiger partial charge in [0, 0.05) is 10.8 Å². The second-order valence-electron chi connectivity index (χ2n) is 7.11. The van der Waals surface area contributed by atoms with Gasteiger partial charge in [0.05, 0.1) is 6.10 Å². The Morgan fingerprint density at radius 2 is 1.88 bits per heavy atom. The summed E-state index contributed by atoms with van der Waals surface area (Å²) in [4.78, 5) is 24.3. The highest BCUT2D eigenvalue weighted by Gasteiger charge is 2.23. The minimum absolute atomic E-state index is 0.00501. The molecule has 0 N–H and O–H groups in total. The van der Waals surface area contributed by atoms with Crippen LogP contribution in [0.4, 0.5) is 0 Å². The number of furan rings is 1. The van der Waals surface area contributed by atoms with E-state index < -0.39 is 11.4 Å². The maximum Gasteiger partial charge on any atom is 0.342 e. The number of hydrogen-bond donors (Lipinski definition) is 0. The molecule has 5 heteroatoms. The van der Waals surface area contributed by atoms with Gasteiger partial charge in [0.2, 0.25) is 0 Å². The lowest BCUT2D eigenvalue weighted by atomic mass is 9.91. The topological polar surface area (TPSA) is 65.7 Å². The van der Waals surface area contributed by atoms with Crippen LogP contribution in [0.3, 0.4) is 0 Å². The van der Waals surface area contributed by atoms with Crippen LogP contribution in [0.15, 0.2) is 22.6 Å². The first-order chi connectivity index (χ1) is 11.1. The Kier molecular flexibility index (Phi) is 5.02. The predicted octanol–water partition coefficient (Wildman–Crippen LogP) is 4.30. The second-order valence-corrected chi connectivity index (χ2v) is 7.11. The van der Waals surface area contributed by atoms with E-state index >= 15 is 0 Å². The molecule has 130 valence electrons. The van der Waals surface area contributed by atoms with Crippen LogP contribution in [0.1, 0.15) is 50.7 Å². The molecule has 0 spiro atoms. The Balaban J connectivity index is 2.29. The summed E-state index contributed by atoms with van der Waals surface area (Å²) in [6, 6.07) is 5.16. The van der Waals surface area contributed by atoms with Crippen molar-refractivity contribution in [3.63, 3.8) is 0 Å². The number of esters is 1. The van der Waals surface area contributed by atoms with Gasteiger partial charge in [0.15, 0.2) is 5.78 Å². The molecule has 0 aliphatic carbocycles. The number of fused-ring (bicyclic) bond motifs is 1. The molecule has 2 rings (SSSR count). The SMILES string of the molecule is Cc1oc2ccc(OCC(=O)C(C)(C)C)cc2c1C(=O)OC(C)C. The Hall–Kier alpha value is -2.30. The summed E-state index contributed by atoms with van der Waals surface area (Å²) in [5.41, 5.74) is 0.520. The zero-order valence-electron chi connectivity index (χ0n) is 15.1. The van der Waals surface area contributed by atoms with Gasteiger partial charge in [0.25, 0.3) is 0 Å². The molecule has 1 aromatic heterocycles. The fraction of sp³-hybridized carbons (Fsp3) is 0.474. The summed E-state index contributed by atoms with van der Waals surface area (Å²) in [6.07, 6.45) is -0.217. The van der Waals surface area contributed by atoms with Gasteiger partial charge in [-0.2, -0.15) is 0 Å². The molecule has 0 unspecified atom stereocenters. The minimum Gasteiger partial charge on any atom is -0.486 e. The molecule has 0 saturated carbocycles. The van der Waals surface area contributed by atoms with Crippen molar-refractivity contribution in [2.75, 3.05) is 6.61 Å². The van der Waals surface area contributed by atoms with Gasteiger partial charge in [-0.15, -0.1) is 0 Å². The van der Waals surface area contributed by atoms with Crippen LogP contribution in [0.2, 0.25) is 0 Å². The zero-order chi connectivity index (χ0) is 18.1. The maximum atomic E-state index is 12.3. The van der Waals surface area contributed by atoms with E-state index in [2.05, 4.69) is 0 Å². The first-order valence-corrected chi connectivity index (χ1v) is 8.00. The molecule has 2 aromatic rings. The Morgan fingerprint density at radius 1 is 1.21 bits per heavy atom. The summed E-state index contributed by atoms with van der Waals surface area (Å²) in [5.74, 6) is 0.590. The molecule has 24 heavy (non-hydrogen) atoms. The van der Waals surface area contributed by atoms with E-state index in [9.17, 15) is 9.59 Å². The fourth-order valence-corrected chi connectivity index (χ4v) is 2.18. The third-order valence-corrected chi connectivity index (χ3v) is 3.59. The van der Waals surface area contributed by atoms with Crippen LogP contribution in [-0.2, 0) is 9.53 Å². The lowest BCUT2D eigenvalue weighted by Gasteiger charge is -2.16. The van der Waals surface area contributed by atoms with Crippen molar-refractivity contribution in [1.29, 1.82) is 0 Å². The fourth-order valence-electron chi connectivity index (χ4n) is 2.18. The van der Waals surface area contributed by atoms with E-state index in [1.165, 1.54) is 0 Å². The number of rotatable bonds is 5. The average Bonchev–Trinajstić information content (AvgIpc) is 2.77. The zero-order valence-corrected chi connectivity index (χ0v) is 15.1. The van der Waals surface area contributed by atoms with E-state index in [4.69, 9.17) is 13.9 Å². The summed E-state index contributed by atoms with van der Waals surface area (Å²) in [5, 5.41) is 0.624. The first kappa shape index (κ1) is 18.0. The van der Waals surface area contributed by atoms with Crippen molar-refractivity contribution >= 4 is 22.7 Å². The molecule has 1 aromatic carbocycles. The molecule has 0 radical (unpaired) electrons. The van der Waals surface area contributed by atoms with Gasteiger partial charge in [-0.05, 0) is 39.0 Å². The molecule has 1 heterocycles. The van der Waals surface area contributed by atoms with Crippen LogP contribution in [0.5, 0.6) is 5.75 Å². The number of aryl methyl sites for hydroxylation is 1. The van der Waals surface area contributed by atoms with E-state index in [1.54, 1.807) is 39.0 Å². The molecule has 0 amide bonds. The maximum absolute atomic E-state index is 12.3. The van der Waals surface area contributed by atoms with Gasteiger partial charge in [-0.3, -0.25) is 4.79 Å². The summed E-state index contributed by atoms with van der Waals surface area (Å²) < 4.78 is 16.5. The van der Waals surface area contributed by atoms with Crippen molar-refractivity contribution in [1.82, 2.24) is 0 Å². The molecule has 0 aliphatic rings. The molecular formula is C19H24O5. The highest BCUT2D eigenvalue weighted by atomic mass is 16.5. The lowest BCUT2D eigenvalue weighted by molar-refractivity contribution is -0.128. The van der Waals surface area contributed by atoms with Crippen molar-refractivity contribution in [3.8, 4) is 5.75 Å². The quantitative estimate of drug-likeness (QED) is 0.764.